The Hall–Kier alpha value is -2.08. The lowest BCUT2D eigenvalue weighted by molar-refractivity contribution is -0.136. The molecule has 1 saturated heterocycles. The van der Waals surface area contributed by atoms with Gasteiger partial charge in [0.1, 0.15) is 5.65 Å². The molecule has 3 heterocycles. The first-order chi connectivity index (χ1) is 10.2. The maximum atomic E-state index is 10.8. The summed E-state index contributed by atoms with van der Waals surface area (Å²) in [6, 6.07) is 4.02. The molecule has 2 aromatic rings. The van der Waals surface area contributed by atoms with E-state index in [1.165, 1.54) is 0 Å². The first kappa shape index (κ1) is 13.9. The van der Waals surface area contributed by atoms with Crippen molar-refractivity contribution in [2.45, 2.75) is 13.3 Å². The van der Waals surface area contributed by atoms with Crippen molar-refractivity contribution in [1.29, 1.82) is 0 Å². The number of aliphatic carboxylic acids is 1. The van der Waals surface area contributed by atoms with E-state index in [9.17, 15) is 4.79 Å². The van der Waals surface area contributed by atoms with Crippen LogP contribution in [0, 0.1) is 0 Å². The van der Waals surface area contributed by atoms with Crippen molar-refractivity contribution in [3.05, 3.63) is 30.2 Å². The van der Waals surface area contributed by atoms with Gasteiger partial charge in [0.15, 0.2) is 0 Å². The lowest BCUT2D eigenvalue weighted by Crippen LogP contribution is -2.46. The van der Waals surface area contributed by atoms with Crippen LogP contribution in [0.4, 0.5) is 5.69 Å². The zero-order valence-electron chi connectivity index (χ0n) is 12.2. The monoisotopic (exact) mass is 288 g/mol. The second-order valence-corrected chi connectivity index (χ2v) is 5.38. The normalized spacial score (nSPS) is 16.5. The van der Waals surface area contributed by atoms with E-state index in [0.29, 0.717) is 5.69 Å². The Bertz CT molecular complexity index is 644. The standard InChI is InChI=1S/C15H20N4O2/c1-2-17-5-7-18(8-6-17)13-3-4-14-16-12(9-15(20)21)10-19(14)11-13/h3-4,10-11H,2,5-9H2,1H3,(H,20,21). The zero-order valence-corrected chi connectivity index (χ0v) is 12.2. The van der Waals surface area contributed by atoms with E-state index in [1.807, 2.05) is 16.7 Å². The first-order valence-corrected chi connectivity index (χ1v) is 7.32. The molecule has 0 saturated carbocycles. The molecule has 0 aliphatic carbocycles. The fourth-order valence-corrected chi connectivity index (χ4v) is 2.78. The number of hydrogen-bond acceptors (Lipinski definition) is 4. The topological polar surface area (TPSA) is 61.1 Å². The van der Waals surface area contributed by atoms with Crippen LogP contribution in [0.15, 0.2) is 24.5 Å². The summed E-state index contributed by atoms with van der Waals surface area (Å²) in [4.78, 5) is 19.9. The Kier molecular flexibility index (Phi) is 3.79. The van der Waals surface area contributed by atoms with Gasteiger partial charge in [-0.3, -0.25) is 4.79 Å². The number of hydrogen-bond donors (Lipinski definition) is 1. The average molecular weight is 288 g/mol. The average Bonchev–Trinajstić information content (AvgIpc) is 2.87. The summed E-state index contributed by atoms with van der Waals surface area (Å²) in [5, 5.41) is 8.84. The van der Waals surface area contributed by atoms with Gasteiger partial charge in [-0.05, 0) is 18.7 Å². The molecule has 0 unspecified atom stereocenters. The molecular formula is C15H20N4O2. The quantitative estimate of drug-likeness (QED) is 0.913. The van der Waals surface area contributed by atoms with Crippen LogP contribution in [0.25, 0.3) is 5.65 Å². The van der Waals surface area contributed by atoms with Crippen molar-refractivity contribution in [3.8, 4) is 0 Å². The number of likely N-dealkylation sites (N-methyl/N-ethyl adjacent to an activating group) is 1. The van der Waals surface area contributed by atoms with Crippen LogP contribution in [-0.2, 0) is 11.2 Å². The molecule has 1 aliphatic rings. The number of carboxylic acid groups (broad SMARTS) is 1. The van der Waals surface area contributed by atoms with E-state index in [2.05, 4.69) is 27.8 Å². The van der Waals surface area contributed by atoms with E-state index in [4.69, 9.17) is 5.11 Å². The summed E-state index contributed by atoms with van der Waals surface area (Å²) in [5.74, 6) is -0.852. The first-order valence-electron chi connectivity index (χ1n) is 7.32. The molecule has 6 nitrogen and oxygen atoms in total. The Balaban J connectivity index is 1.79. The van der Waals surface area contributed by atoms with Crippen molar-refractivity contribution < 1.29 is 9.90 Å². The molecule has 2 aromatic heterocycles. The van der Waals surface area contributed by atoms with Gasteiger partial charge in [-0.15, -0.1) is 0 Å². The van der Waals surface area contributed by atoms with Gasteiger partial charge < -0.3 is 19.3 Å². The van der Waals surface area contributed by atoms with Gasteiger partial charge in [0.2, 0.25) is 0 Å². The third-order valence-electron chi connectivity index (χ3n) is 4.00. The van der Waals surface area contributed by atoms with Crippen LogP contribution in [0.3, 0.4) is 0 Å². The molecule has 1 N–H and O–H groups in total. The van der Waals surface area contributed by atoms with Crippen LogP contribution < -0.4 is 4.90 Å². The van der Waals surface area contributed by atoms with Crippen molar-refractivity contribution >= 4 is 17.3 Å². The van der Waals surface area contributed by atoms with Crippen LogP contribution in [0.5, 0.6) is 0 Å². The van der Waals surface area contributed by atoms with E-state index in [0.717, 1.165) is 44.1 Å². The number of carboxylic acids is 1. The highest BCUT2D eigenvalue weighted by Gasteiger charge is 2.16. The van der Waals surface area contributed by atoms with E-state index < -0.39 is 5.97 Å². The predicted molar refractivity (Wildman–Crippen MR) is 80.9 cm³/mol. The predicted octanol–water partition coefficient (Wildman–Crippen LogP) is 1.10. The van der Waals surface area contributed by atoms with Gasteiger partial charge in [-0.25, -0.2) is 4.98 Å². The lowest BCUT2D eigenvalue weighted by Gasteiger charge is -2.35. The molecule has 1 aliphatic heterocycles. The smallest absolute Gasteiger partial charge is 0.309 e. The van der Waals surface area contributed by atoms with Gasteiger partial charge in [-0.2, -0.15) is 0 Å². The molecule has 0 amide bonds. The van der Waals surface area contributed by atoms with Gasteiger partial charge in [0.05, 0.1) is 17.8 Å². The summed E-state index contributed by atoms with van der Waals surface area (Å²) in [5.41, 5.74) is 2.55. The van der Waals surface area contributed by atoms with Gasteiger partial charge in [0, 0.05) is 38.6 Å². The van der Waals surface area contributed by atoms with Gasteiger partial charge in [0.25, 0.3) is 0 Å². The second kappa shape index (κ2) is 5.73. The Morgan fingerprint density at radius 2 is 2.00 bits per heavy atom. The number of carbonyl (C=O) groups is 1. The number of imidazole rings is 1. The Morgan fingerprint density at radius 3 is 2.67 bits per heavy atom. The largest absolute Gasteiger partial charge is 0.481 e. The number of aromatic nitrogens is 2. The third-order valence-corrected chi connectivity index (χ3v) is 4.00. The number of piperazine rings is 1. The summed E-state index contributed by atoms with van der Waals surface area (Å²) >= 11 is 0. The van der Waals surface area contributed by atoms with E-state index >= 15 is 0 Å². The molecule has 6 heteroatoms. The molecule has 0 radical (unpaired) electrons. The highest BCUT2D eigenvalue weighted by molar-refractivity contribution is 5.70. The fraction of sp³-hybridized carbons (Fsp3) is 0.467. The van der Waals surface area contributed by atoms with Crippen molar-refractivity contribution in [1.82, 2.24) is 14.3 Å². The fourth-order valence-electron chi connectivity index (χ4n) is 2.78. The second-order valence-electron chi connectivity index (χ2n) is 5.38. The number of nitrogens with zero attached hydrogens (tertiary/aromatic N) is 4. The number of rotatable bonds is 4. The highest BCUT2D eigenvalue weighted by Crippen LogP contribution is 2.18. The Labute approximate surface area is 123 Å². The van der Waals surface area contributed by atoms with Crippen LogP contribution in [-0.4, -0.2) is 58.1 Å². The van der Waals surface area contributed by atoms with E-state index in [-0.39, 0.29) is 6.42 Å². The maximum absolute atomic E-state index is 10.8. The highest BCUT2D eigenvalue weighted by atomic mass is 16.4. The number of fused-ring (bicyclic) bond motifs is 1. The molecule has 0 spiro atoms. The molecule has 0 atom stereocenters. The van der Waals surface area contributed by atoms with Crippen LogP contribution >= 0.6 is 0 Å². The van der Waals surface area contributed by atoms with Gasteiger partial charge in [-0.1, -0.05) is 6.92 Å². The maximum Gasteiger partial charge on any atom is 0.309 e. The molecular weight excluding hydrogens is 268 g/mol. The summed E-state index contributed by atoms with van der Waals surface area (Å²) in [6.45, 7) is 7.52. The minimum absolute atomic E-state index is 0.0355. The summed E-state index contributed by atoms with van der Waals surface area (Å²) in [6.07, 6.45) is 3.80. The number of anilines is 1. The van der Waals surface area contributed by atoms with Crippen LogP contribution in [0.2, 0.25) is 0 Å². The number of pyridine rings is 1. The molecule has 1 fully saturated rings. The molecule has 0 bridgehead atoms. The van der Waals surface area contributed by atoms with Crippen LogP contribution in [0.1, 0.15) is 12.6 Å². The van der Waals surface area contributed by atoms with Crippen molar-refractivity contribution in [2.24, 2.45) is 0 Å². The third kappa shape index (κ3) is 3.00. The van der Waals surface area contributed by atoms with Gasteiger partial charge >= 0.3 is 5.97 Å². The molecule has 3 rings (SSSR count). The minimum atomic E-state index is -0.852. The van der Waals surface area contributed by atoms with E-state index in [1.54, 1.807) is 6.20 Å². The molecule has 0 aromatic carbocycles. The minimum Gasteiger partial charge on any atom is -0.481 e. The van der Waals surface area contributed by atoms with Crippen molar-refractivity contribution in [3.63, 3.8) is 0 Å². The SMILES string of the molecule is CCN1CCN(c2ccc3nc(CC(=O)O)cn3c2)CC1. The molecule has 112 valence electrons. The Morgan fingerprint density at radius 1 is 1.24 bits per heavy atom. The summed E-state index contributed by atoms with van der Waals surface area (Å²) < 4.78 is 1.92. The zero-order chi connectivity index (χ0) is 14.8. The summed E-state index contributed by atoms with van der Waals surface area (Å²) in [7, 11) is 0. The van der Waals surface area contributed by atoms with Crippen molar-refractivity contribution in [2.75, 3.05) is 37.6 Å². The lowest BCUT2D eigenvalue weighted by atomic mass is 10.2. The molecule has 21 heavy (non-hydrogen) atoms.